The first kappa shape index (κ1) is 23.7. The first-order chi connectivity index (χ1) is 16.3. The molecule has 6 nitrogen and oxygen atoms in total. The highest BCUT2D eigenvalue weighted by molar-refractivity contribution is 8.00. The van der Waals surface area contributed by atoms with Gasteiger partial charge in [-0.25, -0.2) is 4.98 Å². The van der Waals surface area contributed by atoms with Crippen molar-refractivity contribution >= 4 is 51.6 Å². The molecule has 0 spiro atoms. The standard InChI is InChI=1S/C26H22ClN3O3S/c1-16(31)18-9-7-10-20(14-18)28-24(32)17(2)34-26-29-23-13-6-4-11-21(23)25(33)30(26)15-19-8-3-5-12-22(19)27/h3-14,17H,15H2,1-2H3,(H,28,32). The molecule has 34 heavy (non-hydrogen) atoms. The minimum absolute atomic E-state index is 0.0810. The van der Waals surface area contributed by atoms with Crippen LogP contribution < -0.4 is 10.9 Å². The normalized spacial score (nSPS) is 11.9. The van der Waals surface area contributed by atoms with Gasteiger partial charge in [0.2, 0.25) is 5.91 Å². The molecule has 3 aromatic carbocycles. The van der Waals surface area contributed by atoms with Crippen LogP contribution in [0.25, 0.3) is 10.9 Å². The van der Waals surface area contributed by atoms with Crippen LogP contribution in [0.3, 0.4) is 0 Å². The van der Waals surface area contributed by atoms with Gasteiger partial charge in [-0.15, -0.1) is 0 Å². The number of thioether (sulfide) groups is 1. The number of fused-ring (bicyclic) bond motifs is 1. The van der Waals surface area contributed by atoms with E-state index in [1.807, 2.05) is 24.3 Å². The van der Waals surface area contributed by atoms with E-state index in [0.29, 0.717) is 32.3 Å². The first-order valence-corrected chi connectivity index (χ1v) is 11.9. The number of rotatable bonds is 7. The Morgan fingerprint density at radius 2 is 1.79 bits per heavy atom. The van der Waals surface area contributed by atoms with Gasteiger partial charge in [-0.2, -0.15) is 0 Å². The van der Waals surface area contributed by atoms with Gasteiger partial charge in [0.15, 0.2) is 10.9 Å². The van der Waals surface area contributed by atoms with E-state index in [1.54, 1.807) is 60.0 Å². The number of para-hydroxylation sites is 1. The second-order valence-electron chi connectivity index (χ2n) is 7.78. The third-order valence-corrected chi connectivity index (χ3v) is 6.76. The number of amides is 1. The Labute approximate surface area is 206 Å². The highest BCUT2D eigenvalue weighted by Crippen LogP contribution is 2.26. The van der Waals surface area contributed by atoms with Gasteiger partial charge in [0.25, 0.3) is 5.56 Å². The number of halogens is 1. The predicted octanol–water partition coefficient (Wildman–Crippen LogP) is 5.42. The Balaban J connectivity index is 1.65. The largest absolute Gasteiger partial charge is 0.325 e. The zero-order valence-electron chi connectivity index (χ0n) is 18.6. The molecular weight excluding hydrogens is 470 g/mol. The number of ketones is 1. The zero-order valence-corrected chi connectivity index (χ0v) is 20.2. The fourth-order valence-electron chi connectivity index (χ4n) is 3.45. The molecule has 0 fully saturated rings. The molecule has 0 saturated heterocycles. The molecule has 1 aromatic heterocycles. The summed E-state index contributed by atoms with van der Waals surface area (Å²) in [6, 6.07) is 21.2. The average molecular weight is 492 g/mol. The number of nitrogens with one attached hydrogen (secondary N) is 1. The molecule has 0 saturated carbocycles. The van der Waals surface area contributed by atoms with Crippen LogP contribution in [-0.4, -0.2) is 26.5 Å². The van der Waals surface area contributed by atoms with Crippen molar-refractivity contribution in [3.05, 3.63) is 99.3 Å². The number of carbonyl (C=O) groups is 2. The summed E-state index contributed by atoms with van der Waals surface area (Å²) in [7, 11) is 0. The Hall–Kier alpha value is -3.42. The van der Waals surface area contributed by atoms with Crippen molar-refractivity contribution in [3.63, 3.8) is 0 Å². The number of hydrogen-bond donors (Lipinski definition) is 1. The molecule has 0 aliphatic heterocycles. The summed E-state index contributed by atoms with van der Waals surface area (Å²) >= 11 is 7.54. The average Bonchev–Trinajstić information content (AvgIpc) is 2.82. The smallest absolute Gasteiger partial charge is 0.262 e. The van der Waals surface area contributed by atoms with Crippen molar-refractivity contribution < 1.29 is 9.59 Å². The maximum atomic E-state index is 13.3. The third kappa shape index (κ3) is 5.21. The Morgan fingerprint density at radius 3 is 2.56 bits per heavy atom. The van der Waals surface area contributed by atoms with Crippen molar-refractivity contribution in [1.29, 1.82) is 0 Å². The topological polar surface area (TPSA) is 81.1 Å². The summed E-state index contributed by atoms with van der Waals surface area (Å²) < 4.78 is 1.55. The van der Waals surface area contributed by atoms with Crippen molar-refractivity contribution in [2.45, 2.75) is 30.8 Å². The van der Waals surface area contributed by atoms with Crippen LogP contribution in [0.4, 0.5) is 5.69 Å². The van der Waals surface area contributed by atoms with Gasteiger partial charge in [0.05, 0.1) is 22.7 Å². The summed E-state index contributed by atoms with van der Waals surface area (Å²) in [6.07, 6.45) is 0. The van der Waals surface area contributed by atoms with Gasteiger partial charge in [0, 0.05) is 16.3 Å². The van der Waals surface area contributed by atoms with E-state index in [9.17, 15) is 14.4 Å². The third-order valence-electron chi connectivity index (χ3n) is 5.30. The number of nitrogens with zero attached hydrogens (tertiary/aromatic N) is 2. The van der Waals surface area contributed by atoms with Crippen LogP contribution >= 0.6 is 23.4 Å². The highest BCUT2D eigenvalue weighted by Gasteiger charge is 2.20. The molecule has 1 unspecified atom stereocenters. The Bertz CT molecular complexity index is 1450. The van der Waals surface area contributed by atoms with Crippen LogP contribution in [0.1, 0.15) is 29.8 Å². The van der Waals surface area contributed by atoms with E-state index in [1.165, 1.54) is 18.7 Å². The van der Waals surface area contributed by atoms with E-state index < -0.39 is 5.25 Å². The Kier molecular flexibility index (Phi) is 7.14. The number of aromatic nitrogens is 2. The molecule has 172 valence electrons. The highest BCUT2D eigenvalue weighted by atomic mass is 35.5. The molecule has 1 N–H and O–H groups in total. The van der Waals surface area contributed by atoms with Crippen LogP contribution in [0, 0.1) is 0 Å². The number of Topliss-reactive ketones (excluding diaryl/α,β-unsaturated/α-hetero) is 1. The number of carbonyl (C=O) groups excluding carboxylic acids is 2. The van der Waals surface area contributed by atoms with Gasteiger partial charge < -0.3 is 5.32 Å². The Morgan fingerprint density at radius 1 is 1.06 bits per heavy atom. The van der Waals surface area contributed by atoms with Crippen molar-refractivity contribution in [1.82, 2.24) is 9.55 Å². The van der Waals surface area contributed by atoms with Gasteiger partial charge in [-0.1, -0.05) is 65.8 Å². The lowest BCUT2D eigenvalue weighted by molar-refractivity contribution is -0.115. The summed E-state index contributed by atoms with van der Waals surface area (Å²) in [6.45, 7) is 3.45. The maximum absolute atomic E-state index is 13.3. The first-order valence-electron chi connectivity index (χ1n) is 10.6. The van der Waals surface area contributed by atoms with Gasteiger partial charge in [-0.05, 0) is 49.7 Å². The van der Waals surface area contributed by atoms with Crippen LogP contribution in [0.2, 0.25) is 5.02 Å². The van der Waals surface area contributed by atoms with Crippen molar-refractivity contribution in [3.8, 4) is 0 Å². The molecule has 1 atom stereocenters. The van der Waals surface area contributed by atoms with Crippen molar-refractivity contribution in [2.75, 3.05) is 5.32 Å². The maximum Gasteiger partial charge on any atom is 0.262 e. The molecule has 4 aromatic rings. The van der Waals surface area contributed by atoms with Gasteiger partial charge >= 0.3 is 0 Å². The molecule has 4 rings (SSSR count). The molecule has 0 aliphatic carbocycles. The summed E-state index contributed by atoms with van der Waals surface area (Å²) in [5.41, 5.74) is 2.19. The molecule has 0 aliphatic rings. The summed E-state index contributed by atoms with van der Waals surface area (Å²) in [5, 5.41) is 3.74. The fourth-order valence-corrected chi connectivity index (χ4v) is 4.55. The van der Waals surface area contributed by atoms with Crippen LogP contribution in [0.15, 0.2) is 82.7 Å². The van der Waals surface area contributed by atoms with E-state index in [-0.39, 0.29) is 23.8 Å². The SMILES string of the molecule is CC(=O)c1cccc(NC(=O)C(C)Sc2nc3ccccc3c(=O)n2Cc2ccccc2Cl)c1. The molecule has 8 heteroatoms. The molecular formula is C26H22ClN3O3S. The quantitative estimate of drug-likeness (QED) is 0.212. The van der Waals surface area contributed by atoms with E-state index in [2.05, 4.69) is 10.3 Å². The lowest BCUT2D eigenvalue weighted by atomic mass is 10.1. The molecule has 0 radical (unpaired) electrons. The summed E-state index contributed by atoms with van der Waals surface area (Å²) in [4.78, 5) is 42.6. The van der Waals surface area contributed by atoms with E-state index >= 15 is 0 Å². The molecule has 1 amide bonds. The predicted molar refractivity (Wildman–Crippen MR) is 137 cm³/mol. The number of hydrogen-bond acceptors (Lipinski definition) is 5. The fraction of sp³-hybridized carbons (Fsp3) is 0.154. The monoisotopic (exact) mass is 491 g/mol. The number of anilines is 1. The van der Waals surface area contributed by atoms with Crippen LogP contribution in [0.5, 0.6) is 0 Å². The van der Waals surface area contributed by atoms with E-state index in [0.717, 1.165) is 5.56 Å². The lowest BCUT2D eigenvalue weighted by Gasteiger charge is -2.17. The second-order valence-corrected chi connectivity index (χ2v) is 9.50. The van der Waals surface area contributed by atoms with Crippen LogP contribution in [-0.2, 0) is 11.3 Å². The summed E-state index contributed by atoms with van der Waals surface area (Å²) in [5.74, 6) is -0.347. The van der Waals surface area contributed by atoms with Gasteiger partial charge in [-0.3, -0.25) is 19.0 Å². The number of benzene rings is 3. The second kappa shape index (κ2) is 10.2. The molecule has 0 bridgehead atoms. The zero-order chi connectivity index (χ0) is 24.2. The lowest BCUT2D eigenvalue weighted by Crippen LogP contribution is -2.27. The van der Waals surface area contributed by atoms with Crippen molar-refractivity contribution in [2.24, 2.45) is 0 Å². The van der Waals surface area contributed by atoms with Gasteiger partial charge in [0.1, 0.15) is 0 Å². The van der Waals surface area contributed by atoms with E-state index in [4.69, 9.17) is 11.6 Å². The minimum Gasteiger partial charge on any atom is -0.325 e. The minimum atomic E-state index is -0.563. The molecule has 1 heterocycles.